The first-order chi connectivity index (χ1) is 18.3. The van der Waals surface area contributed by atoms with Gasteiger partial charge in [-0.1, -0.05) is 32.0 Å². The minimum absolute atomic E-state index is 0.0499. The van der Waals surface area contributed by atoms with Gasteiger partial charge in [0.2, 0.25) is 23.6 Å². The molecule has 0 spiro atoms. The molecule has 0 aliphatic carbocycles. The first-order valence-electron chi connectivity index (χ1n) is 12.2. The number of nitrogens with one attached hydrogen (secondary N) is 4. The van der Waals surface area contributed by atoms with Crippen molar-refractivity contribution < 1.29 is 39.0 Å². The highest BCUT2D eigenvalue weighted by Crippen LogP contribution is 2.19. The number of aromatic nitrogens is 1. The summed E-state index contributed by atoms with van der Waals surface area (Å²) < 4.78 is 0. The van der Waals surface area contributed by atoms with Crippen LogP contribution < -0.4 is 27.4 Å². The molecule has 2 rings (SSSR count). The zero-order chi connectivity index (χ0) is 29.3. The third kappa shape index (κ3) is 9.41. The van der Waals surface area contributed by atoms with Gasteiger partial charge < -0.3 is 42.6 Å². The van der Waals surface area contributed by atoms with E-state index in [2.05, 4.69) is 20.9 Å². The van der Waals surface area contributed by atoms with Crippen LogP contribution in [0.1, 0.15) is 38.7 Å². The standard InChI is InChI=1S/C25H34N6O8/c1-12(2)7-17(23(36)31-19(25(38)39)10-21(33)34)30-24(37)18(9-20(27)32)29-22(35)15(26)8-13-11-28-16-6-4-3-5-14(13)16/h3-6,11-12,15,17-19,28H,7-10,26H2,1-2H3,(H2,27,32)(H,29,35)(H,30,37)(H,31,36)(H,33,34)(H,38,39). The fourth-order valence-corrected chi connectivity index (χ4v) is 3.94. The normalized spacial score (nSPS) is 14.2. The second kappa shape index (κ2) is 13.9. The van der Waals surface area contributed by atoms with Gasteiger partial charge in [0.15, 0.2) is 0 Å². The summed E-state index contributed by atoms with van der Waals surface area (Å²) in [6.45, 7) is 3.48. The second-order valence-corrected chi connectivity index (χ2v) is 9.59. The Morgan fingerprint density at radius 3 is 2.05 bits per heavy atom. The van der Waals surface area contributed by atoms with Gasteiger partial charge in [-0.3, -0.25) is 24.0 Å². The Morgan fingerprint density at radius 2 is 1.46 bits per heavy atom. The van der Waals surface area contributed by atoms with Crippen molar-refractivity contribution in [3.05, 3.63) is 36.0 Å². The Labute approximate surface area is 223 Å². The van der Waals surface area contributed by atoms with Gasteiger partial charge in [-0.15, -0.1) is 0 Å². The Hall–Kier alpha value is -4.46. The van der Waals surface area contributed by atoms with Crippen LogP contribution in [0.2, 0.25) is 0 Å². The number of hydrogen-bond acceptors (Lipinski definition) is 7. The van der Waals surface area contributed by atoms with Crippen molar-refractivity contribution in [3.8, 4) is 0 Å². The summed E-state index contributed by atoms with van der Waals surface area (Å²) in [5.41, 5.74) is 13.0. The lowest BCUT2D eigenvalue weighted by Crippen LogP contribution is -2.58. The number of primary amides is 1. The minimum Gasteiger partial charge on any atom is -0.481 e. The first-order valence-corrected chi connectivity index (χ1v) is 12.2. The summed E-state index contributed by atoms with van der Waals surface area (Å²) in [6, 6.07) is 1.83. The van der Waals surface area contributed by atoms with E-state index in [0.717, 1.165) is 16.5 Å². The highest BCUT2D eigenvalue weighted by Gasteiger charge is 2.32. The van der Waals surface area contributed by atoms with Gasteiger partial charge in [0.25, 0.3) is 0 Å². The summed E-state index contributed by atoms with van der Waals surface area (Å²) in [5.74, 6) is -6.67. The molecular weight excluding hydrogens is 512 g/mol. The number of hydrogen-bond donors (Lipinski definition) is 8. The van der Waals surface area contributed by atoms with Crippen LogP contribution in [0.3, 0.4) is 0 Å². The molecule has 4 amide bonds. The van der Waals surface area contributed by atoms with E-state index in [1.54, 1.807) is 20.0 Å². The van der Waals surface area contributed by atoms with Crippen LogP contribution >= 0.6 is 0 Å². The number of fused-ring (bicyclic) bond motifs is 1. The molecule has 0 aliphatic rings. The largest absolute Gasteiger partial charge is 0.481 e. The maximum atomic E-state index is 13.1. The predicted molar refractivity (Wildman–Crippen MR) is 139 cm³/mol. The van der Waals surface area contributed by atoms with Gasteiger partial charge in [0, 0.05) is 17.1 Å². The molecule has 14 nitrogen and oxygen atoms in total. The predicted octanol–water partition coefficient (Wildman–Crippen LogP) is -1.03. The molecule has 14 heteroatoms. The van der Waals surface area contributed by atoms with E-state index in [1.165, 1.54) is 0 Å². The van der Waals surface area contributed by atoms with Gasteiger partial charge in [0.1, 0.15) is 18.1 Å². The zero-order valence-corrected chi connectivity index (χ0v) is 21.6. The van der Waals surface area contributed by atoms with Gasteiger partial charge in [-0.25, -0.2) is 4.79 Å². The molecule has 4 atom stereocenters. The van der Waals surface area contributed by atoms with Crippen LogP contribution in [0.25, 0.3) is 10.9 Å². The number of carbonyl (C=O) groups is 6. The SMILES string of the molecule is CC(C)CC(NC(=O)C(CC(N)=O)NC(=O)C(N)Cc1c[nH]c2ccccc12)C(=O)NC(CC(=O)O)C(=O)O. The monoisotopic (exact) mass is 546 g/mol. The average Bonchev–Trinajstić information content (AvgIpc) is 3.24. The maximum Gasteiger partial charge on any atom is 0.326 e. The van der Waals surface area contributed by atoms with Crippen LogP contribution in [0.4, 0.5) is 0 Å². The number of aliphatic carboxylic acids is 2. The van der Waals surface area contributed by atoms with E-state index in [-0.39, 0.29) is 18.8 Å². The van der Waals surface area contributed by atoms with Crippen molar-refractivity contribution in [3.63, 3.8) is 0 Å². The highest BCUT2D eigenvalue weighted by molar-refractivity contribution is 5.96. The van der Waals surface area contributed by atoms with Gasteiger partial charge in [0.05, 0.1) is 18.9 Å². The number of para-hydroxylation sites is 1. The fraction of sp³-hybridized carbons (Fsp3) is 0.440. The van der Waals surface area contributed by atoms with E-state index in [9.17, 15) is 33.9 Å². The van der Waals surface area contributed by atoms with E-state index in [1.807, 2.05) is 24.3 Å². The average molecular weight is 547 g/mol. The number of H-pyrrole nitrogens is 1. The lowest BCUT2D eigenvalue weighted by molar-refractivity contribution is -0.147. The van der Waals surface area contributed by atoms with Crippen molar-refractivity contribution >= 4 is 46.5 Å². The number of nitrogens with two attached hydrogens (primary N) is 2. The van der Waals surface area contributed by atoms with Crippen LogP contribution in [-0.2, 0) is 35.2 Å². The molecule has 0 saturated heterocycles. The van der Waals surface area contributed by atoms with Gasteiger partial charge >= 0.3 is 11.9 Å². The molecular formula is C25H34N6O8. The first kappa shape index (κ1) is 30.8. The summed E-state index contributed by atoms with van der Waals surface area (Å²) in [4.78, 5) is 75.7. The Bertz CT molecular complexity index is 1230. The molecule has 0 radical (unpaired) electrons. The van der Waals surface area contributed by atoms with Crippen molar-refractivity contribution in [2.24, 2.45) is 17.4 Å². The lowest BCUT2D eigenvalue weighted by atomic mass is 10.0. The molecule has 2 aromatic rings. The lowest BCUT2D eigenvalue weighted by Gasteiger charge is -2.25. The number of carboxylic acid groups (broad SMARTS) is 2. The van der Waals surface area contributed by atoms with Crippen molar-refractivity contribution in [1.82, 2.24) is 20.9 Å². The maximum absolute atomic E-state index is 13.1. The number of amides is 4. The quantitative estimate of drug-likeness (QED) is 0.136. The molecule has 0 fully saturated rings. The molecule has 0 aliphatic heterocycles. The Kier molecular flexibility index (Phi) is 11.0. The summed E-state index contributed by atoms with van der Waals surface area (Å²) in [5, 5.41) is 25.9. The second-order valence-electron chi connectivity index (χ2n) is 9.59. The topological polar surface area (TPSA) is 247 Å². The minimum atomic E-state index is -1.73. The van der Waals surface area contributed by atoms with Gasteiger partial charge in [-0.05, 0) is 30.4 Å². The smallest absolute Gasteiger partial charge is 0.326 e. The Morgan fingerprint density at radius 1 is 0.872 bits per heavy atom. The molecule has 10 N–H and O–H groups in total. The number of carbonyl (C=O) groups excluding carboxylic acids is 4. The third-order valence-corrected chi connectivity index (χ3v) is 5.82. The van der Waals surface area contributed by atoms with Crippen LogP contribution in [0, 0.1) is 5.92 Å². The third-order valence-electron chi connectivity index (χ3n) is 5.82. The molecule has 1 aromatic heterocycles. The van der Waals surface area contributed by atoms with Crippen molar-refractivity contribution in [1.29, 1.82) is 0 Å². The van der Waals surface area contributed by atoms with Crippen molar-refractivity contribution in [2.75, 3.05) is 0 Å². The highest BCUT2D eigenvalue weighted by atomic mass is 16.4. The van der Waals surface area contributed by atoms with E-state index < -0.39 is 72.6 Å². The zero-order valence-electron chi connectivity index (χ0n) is 21.6. The van der Waals surface area contributed by atoms with E-state index in [4.69, 9.17) is 16.6 Å². The molecule has 0 saturated carbocycles. The molecule has 39 heavy (non-hydrogen) atoms. The summed E-state index contributed by atoms with van der Waals surface area (Å²) in [7, 11) is 0. The molecule has 0 bridgehead atoms. The summed E-state index contributed by atoms with van der Waals surface area (Å²) >= 11 is 0. The summed E-state index contributed by atoms with van der Waals surface area (Å²) in [6.07, 6.45) is 0.422. The van der Waals surface area contributed by atoms with Crippen LogP contribution in [0.15, 0.2) is 30.5 Å². The number of aromatic amines is 1. The van der Waals surface area contributed by atoms with Crippen molar-refractivity contribution in [2.45, 2.75) is 63.7 Å². The molecule has 4 unspecified atom stereocenters. The molecule has 1 heterocycles. The van der Waals surface area contributed by atoms with E-state index in [0.29, 0.717) is 0 Å². The number of benzene rings is 1. The number of rotatable bonds is 15. The van der Waals surface area contributed by atoms with Crippen LogP contribution in [0.5, 0.6) is 0 Å². The fourth-order valence-electron chi connectivity index (χ4n) is 3.94. The Balaban J connectivity index is 2.14. The molecule has 212 valence electrons. The van der Waals surface area contributed by atoms with E-state index >= 15 is 0 Å². The number of carboxylic acids is 2. The molecule has 1 aromatic carbocycles. The van der Waals surface area contributed by atoms with Gasteiger partial charge in [-0.2, -0.15) is 0 Å². The van der Waals surface area contributed by atoms with Crippen LogP contribution in [-0.4, -0.2) is 74.9 Å².